The van der Waals surface area contributed by atoms with Crippen molar-refractivity contribution in [3.8, 4) is 11.5 Å². The van der Waals surface area contributed by atoms with E-state index < -0.39 is 11.9 Å². The summed E-state index contributed by atoms with van der Waals surface area (Å²) in [5.74, 6) is -2.43. The van der Waals surface area contributed by atoms with Crippen LogP contribution in [0.1, 0.15) is 154 Å². The third-order valence-corrected chi connectivity index (χ3v) is 6.03. The molecule has 2 aromatic carbocycles. The van der Waals surface area contributed by atoms with Gasteiger partial charge in [-0.15, -0.1) is 0 Å². The number of aromatic carboxylic acids is 2. The van der Waals surface area contributed by atoms with Crippen LogP contribution >= 0.6 is 0 Å². The summed E-state index contributed by atoms with van der Waals surface area (Å²) in [6.45, 7) is 31.9. The minimum absolute atomic E-state index is 0. The molecule has 0 amide bonds. The Hall–Kier alpha value is -2.40. The first kappa shape index (κ1) is 43.1. The molecule has 0 unspecified atom stereocenters. The molecule has 0 fully saturated rings. The van der Waals surface area contributed by atoms with Crippen molar-refractivity contribution >= 4 is 11.9 Å². The maximum atomic E-state index is 11.2. The van der Waals surface area contributed by atoms with Gasteiger partial charge in [-0.3, -0.25) is 0 Å². The number of carboxylic acid groups (broad SMARTS) is 2. The molecule has 0 spiro atoms. The number of carbonyl (C=O) groups is 2. The smallest absolute Gasteiger partial charge is 0.339 e. The van der Waals surface area contributed by atoms with E-state index in [4.69, 9.17) is 0 Å². The van der Waals surface area contributed by atoms with E-state index in [1.807, 2.05) is 123 Å². The van der Waals surface area contributed by atoms with E-state index in [-0.39, 0.29) is 63.8 Å². The van der Waals surface area contributed by atoms with Crippen LogP contribution in [-0.4, -0.2) is 32.4 Å². The van der Waals surface area contributed by atoms with Crippen molar-refractivity contribution in [1.29, 1.82) is 0 Å². The van der Waals surface area contributed by atoms with Crippen LogP contribution in [0.4, 0.5) is 0 Å². The molecule has 41 heavy (non-hydrogen) atoms. The maximum Gasteiger partial charge on any atom is 0.339 e. The van der Waals surface area contributed by atoms with Gasteiger partial charge < -0.3 is 20.4 Å². The Morgan fingerprint density at radius 1 is 0.488 bits per heavy atom. The average Bonchev–Trinajstić information content (AvgIpc) is 2.79. The summed E-state index contributed by atoms with van der Waals surface area (Å²) in [6.07, 6.45) is 0. The van der Waals surface area contributed by atoms with E-state index >= 15 is 0 Å². The van der Waals surface area contributed by atoms with Gasteiger partial charge in [0.05, 0.1) is 0 Å². The molecular weight excluding hydrogens is 570 g/mol. The number of aromatic hydroxyl groups is 2. The monoisotopic (exact) mass is 624 g/mol. The van der Waals surface area contributed by atoms with Crippen LogP contribution in [0.25, 0.3) is 0 Å². The number of benzene rings is 2. The van der Waals surface area contributed by atoms with Gasteiger partial charge in [-0.25, -0.2) is 9.59 Å². The Kier molecular flexibility index (Phi) is 17.1. The molecule has 0 atom stereocenters. The van der Waals surface area contributed by atoms with Crippen molar-refractivity contribution in [2.45, 2.75) is 132 Å². The van der Waals surface area contributed by atoms with Gasteiger partial charge in [0.1, 0.15) is 22.6 Å². The topological polar surface area (TPSA) is 115 Å². The largest absolute Gasteiger partial charge is 0.507 e. The third kappa shape index (κ3) is 12.6. The van der Waals surface area contributed by atoms with E-state index in [2.05, 4.69) is 0 Å². The van der Waals surface area contributed by atoms with Gasteiger partial charge in [-0.05, 0) is 44.9 Å². The number of carboxylic acids is 2. The molecule has 0 saturated carbocycles. The van der Waals surface area contributed by atoms with Crippen molar-refractivity contribution < 1.29 is 49.5 Å². The molecule has 0 saturated heterocycles. The van der Waals surface area contributed by atoms with Crippen molar-refractivity contribution in [3.05, 3.63) is 57.6 Å². The number of rotatable bonds is 2. The first-order chi connectivity index (χ1) is 17.9. The zero-order valence-electron chi connectivity index (χ0n) is 28.6. The first-order valence-electron chi connectivity index (χ1n) is 14.1. The van der Waals surface area contributed by atoms with Crippen LogP contribution in [-0.2, 0) is 41.1 Å². The second-order valence-electron chi connectivity index (χ2n) is 13.5. The first-order valence-corrected chi connectivity index (χ1v) is 14.1. The molecule has 0 aromatic heterocycles. The summed E-state index contributed by atoms with van der Waals surface area (Å²) >= 11 is 0. The van der Waals surface area contributed by atoms with E-state index in [1.54, 1.807) is 12.1 Å². The third-order valence-electron chi connectivity index (χ3n) is 6.03. The van der Waals surface area contributed by atoms with Crippen LogP contribution in [0.2, 0.25) is 0 Å². The molecule has 6 nitrogen and oxygen atoms in total. The minimum atomic E-state index is -1.09. The van der Waals surface area contributed by atoms with E-state index in [9.17, 15) is 30.0 Å². The van der Waals surface area contributed by atoms with Crippen molar-refractivity contribution in [2.75, 3.05) is 0 Å². The van der Waals surface area contributed by atoms with Gasteiger partial charge in [0.15, 0.2) is 0 Å². The van der Waals surface area contributed by atoms with E-state index in [0.717, 1.165) is 11.1 Å². The van der Waals surface area contributed by atoms with Gasteiger partial charge in [0.2, 0.25) is 0 Å². The zero-order chi connectivity index (χ0) is 32.6. The molecular formula is C34H56O6Zn. The van der Waals surface area contributed by atoms with Gasteiger partial charge in [0.25, 0.3) is 0 Å². The van der Waals surface area contributed by atoms with Crippen molar-refractivity contribution in [1.82, 2.24) is 0 Å². The Labute approximate surface area is 262 Å². The SMILES string of the molecule is CC.CC.CC(C)(C)c1cc(C(=O)O)c(O)c(C(C)(C)C)c1.CC(C)(C)c1cc(C(=O)O)c(O)c(C(C)(C)C)c1.[Zn]. The summed E-state index contributed by atoms with van der Waals surface area (Å²) in [7, 11) is 0. The van der Waals surface area contributed by atoms with Crippen LogP contribution in [0.5, 0.6) is 11.5 Å². The molecule has 4 N–H and O–H groups in total. The number of hydrogen-bond acceptors (Lipinski definition) is 4. The summed E-state index contributed by atoms with van der Waals surface area (Å²) in [4.78, 5) is 22.4. The molecule has 0 heterocycles. The van der Waals surface area contributed by atoms with E-state index in [0.29, 0.717) is 11.1 Å². The van der Waals surface area contributed by atoms with Gasteiger partial charge in [-0.2, -0.15) is 0 Å². The zero-order valence-corrected chi connectivity index (χ0v) is 31.6. The van der Waals surface area contributed by atoms with Crippen molar-refractivity contribution in [3.63, 3.8) is 0 Å². The molecule has 2 aromatic rings. The van der Waals surface area contributed by atoms with Gasteiger partial charge in [0, 0.05) is 30.6 Å². The Bertz CT molecular complexity index is 1050. The standard InChI is InChI=1S/2C15H22O3.2C2H6.Zn/c2*1-14(2,3)9-7-10(13(17)18)12(16)11(8-9)15(4,5)6;2*1-2;/h2*7-8,16H,1-6H3,(H,17,18);2*1-2H3;. The fourth-order valence-corrected chi connectivity index (χ4v) is 3.60. The Morgan fingerprint density at radius 2 is 0.707 bits per heavy atom. The second-order valence-corrected chi connectivity index (χ2v) is 13.5. The van der Waals surface area contributed by atoms with Crippen LogP contribution in [0.15, 0.2) is 24.3 Å². The summed E-state index contributed by atoms with van der Waals surface area (Å²) in [5, 5.41) is 38.6. The van der Waals surface area contributed by atoms with Crippen LogP contribution in [0.3, 0.4) is 0 Å². The second kappa shape index (κ2) is 16.3. The predicted octanol–water partition coefficient (Wildman–Crippen LogP) is 9.42. The maximum absolute atomic E-state index is 11.2. The quantitative estimate of drug-likeness (QED) is 0.247. The van der Waals surface area contributed by atoms with E-state index in [1.165, 1.54) is 0 Å². The van der Waals surface area contributed by atoms with Crippen molar-refractivity contribution in [2.24, 2.45) is 0 Å². The van der Waals surface area contributed by atoms with Crippen LogP contribution < -0.4 is 0 Å². The number of hydrogen-bond donors (Lipinski definition) is 4. The van der Waals surface area contributed by atoms with Gasteiger partial charge in [-0.1, -0.05) is 123 Å². The molecule has 0 aliphatic rings. The summed E-state index contributed by atoms with van der Waals surface area (Å²) in [5.41, 5.74) is 2.24. The normalized spacial score (nSPS) is 11.3. The molecule has 0 radical (unpaired) electrons. The minimum Gasteiger partial charge on any atom is -0.507 e. The molecule has 7 heteroatoms. The molecule has 0 bridgehead atoms. The summed E-state index contributed by atoms with van der Waals surface area (Å²) < 4.78 is 0. The fraction of sp³-hybridized carbons (Fsp3) is 0.588. The van der Waals surface area contributed by atoms with Gasteiger partial charge >= 0.3 is 11.9 Å². The summed E-state index contributed by atoms with van der Waals surface area (Å²) in [6, 6.07) is 6.93. The van der Waals surface area contributed by atoms with Crippen LogP contribution in [0, 0.1) is 0 Å². The molecule has 0 aliphatic carbocycles. The fourth-order valence-electron chi connectivity index (χ4n) is 3.60. The number of phenols is 2. The Balaban J connectivity index is -0.000000614. The Morgan fingerprint density at radius 3 is 0.854 bits per heavy atom. The molecule has 230 valence electrons. The molecule has 0 aliphatic heterocycles. The molecule has 2 rings (SSSR count). The predicted molar refractivity (Wildman–Crippen MR) is 168 cm³/mol. The average molecular weight is 626 g/mol.